The molecule has 0 spiro atoms. The first-order valence-corrected chi connectivity index (χ1v) is 12.8. The zero-order valence-corrected chi connectivity index (χ0v) is 20.0. The van der Waals surface area contributed by atoms with E-state index in [1.165, 1.54) is 25.3 Å². The fourth-order valence-corrected chi connectivity index (χ4v) is 8.48. The summed E-state index contributed by atoms with van der Waals surface area (Å²) in [6.07, 6.45) is 7.12. The van der Waals surface area contributed by atoms with E-state index in [4.69, 9.17) is 9.16 Å². The average molecular weight is 393 g/mol. The quantitative estimate of drug-likeness (QED) is 0.379. The van der Waals surface area contributed by atoms with Gasteiger partial charge in [-0.15, -0.1) is 0 Å². The van der Waals surface area contributed by atoms with Crippen molar-refractivity contribution in [3.05, 3.63) is 12.7 Å². The van der Waals surface area contributed by atoms with E-state index in [0.29, 0.717) is 11.8 Å². The fourth-order valence-electron chi connectivity index (χ4n) is 7.97. The zero-order chi connectivity index (χ0) is 20.3. The zero-order valence-electron chi connectivity index (χ0n) is 18.6. The highest BCUT2D eigenvalue weighted by molar-refractivity contribution is 6.24. The Morgan fingerprint density at radius 1 is 1.07 bits per heavy atom. The Morgan fingerprint density at radius 2 is 1.63 bits per heavy atom. The molecule has 4 fully saturated rings. The van der Waals surface area contributed by atoms with Crippen LogP contribution in [0.2, 0.25) is 6.55 Å². The van der Waals surface area contributed by atoms with Crippen molar-refractivity contribution in [3.8, 4) is 0 Å². The molecule has 3 atom stereocenters. The van der Waals surface area contributed by atoms with E-state index in [0.717, 1.165) is 19.4 Å². The molecule has 0 heterocycles. The SMILES string of the molecule is C=CC(=O)OC12CC3CC(C1)CC(C(C)(C)C)(C3)C2(CO[SiH2]C)C(C)(C)C. The Balaban J connectivity index is 2.29. The highest BCUT2D eigenvalue weighted by Crippen LogP contribution is 2.79. The van der Waals surface area contributed by atoms with Crippen LogP contribution < -0.4 is 0 Å². The molecule has 4 rings (SSSR count). The predicted octanol–water partition coefficient (Wildman–Crippen LogP) is 4.89. The van der Waals surface area contributed by atoms with Crippen molar-refractivity contribution in [2.45, 2.75) is 85.8 Å². The molecule has 0 saturated heterocycles. The lowest BCUT2D eigenvalue weighted by atomic mass is 9.28. The number of esters is 1. The summed E-state index contributed by atoms with van der Waals surface area (Å²) in [6, 6.07) is 0. The maximum Gasteiger partial charge on any atom is 0.330 e. The highest BCUT2D eigenvalue weighted by Gasteiger charge is 2.78. The van der Waals surface area contributed by atoms with Gasteiger partial charge in [-0.05, 0) is 60.2 Å². The van der Waals surface area contributed by atoms with Crippen LogP contribution in [0.25, 0.3) is 0 Å². The summed E-state index contributed by atoms with van der Waals surface area (Å²) in [6.45, 7) is 20.9. The average Bonchev–Trinajstić information content (AvgIpc) is 2.51. The van der Waals surface area contributed by atoms with Crippen molar-refractivity contribution in [2.75, 3.05) is 6.61 Å². The van der Waals surface area contributed by atoms with Gasteiger partial charge < -0.3 is 9.16 Å². The van der Waals surface area contributed by atoms with Crippen LogP contribution in [0.1, 0.15) is 73.6 Å². The Morgan fingerprint density at radius 3 is 2.04 bits per heavy atom. The van der Waals surface area contributed by atoms with Crippen molar-refractivity contribution in [1.29, 1.82) is 0 Å². The van der Waals surface area contributed by atoms with Crippen molar-refractivity contribution >= 4 is 15.7 Å². The molecule has 0 N–H and O–H groups in total. The number of carbonyl (C=O) groups excluding carboxylic acids is 1. The monoisotopic (exact) mass is 392 g/mol. The van der Waals surface area contributed by atoms with Gasteiger partial charge in [-0.25, -0.2) is 4.79 Å². The summed E-state index contributed by atoms with van der Waals surface area (Å²) in [4.78, 5) is 12.6. The molecule has 4 aliphatic rings. The van der Waals surface area contributed by atoms with E-state index in [-0.39, 0.29) is 27.6 Å². The number of hydrogen-bond donors (Lipinski definition) is 0. The molecule has 0 amide bonds. The van der Waals surface area contributed by atoms with Crippen molar-refractivity contribution in [2.24, 2.45) is 33.5 Å². The Hall–Kier alpha value is -0.613. The first kappa shape index (κ1) is 21.1. The number of ether oxygens (including phenoxy) is 1. The standard InChI is InChI=1S/C23H40O3Si/c1-9-18(24)26-22-13-16-10-17(14-22)12-21(11-16,19(2,3)4)23(22,15-25-27-8)20(5,6)7/h9,16-17H,1,10-15,27H2,2-8H3. The lowest BCUT2D eigenvalue weighted by molar-refractivity contribution is -0.341. The Bertz CT molecular complexity index is 598. The molecular formula is C23H40O3Si. The second-order valence-corrected chi connectivity index (χ2v) is 12.5. The van der Waals surface area contributed by atoms with E-state index in [1.54, 1.807) is 0 Å². The van der Waals surface area contributed by atoms with Crippen LogP contribution in [0.4, 0.5) is 0 Å². The predicted molar refractivity (Wildman–Crippen MR) is 113 cm³/mol. The third kappa shape index (κ3) is 2.72. The van der Waals surface area contributed by atoms with Crippen LogP contribution >= 0.6 is 0 Å². The summed E-state index contributed by atoms with van der Waals surface area (Å²) in [5.74, 6) is 1.05. The lowest BCUT2D eigenvalue weighted by Crippen LogP contribution is -2.78. The molecule has 154 valence electrons. The summed E-state index contributed by atoms with van der Waals surface area (Å²) in [5.41, 5.74) is -0.397. The second kappa shape index (κ2) is 6.45. The molecule has 4 saturated carbocycles. The van der Waals surface area contributed by atoms with Gasteiger partial charge in [0.1, 0.15) is 5.60 Å². The minimum atomic E-state index is -0.545. The minimum absolute atomic E-state index is 0.0292. The fraction of sp³-hybridized carbons (Fsp3) is 0.870. The van der Waals surface area contributed by atoms with E-state index in [1.807, 2.05) is 0 Å². The first-order valence-electron chi connectivity index (χ1n) is 10.8. The third-order valence-corrected chi connectivity index (χ3v) is 9.09. The maximum absolute atomic E-state index is 12.6. The molecule has 3 unspecified atom stereocenters. The van der Waals surface area contributed by atoms with Crippen molar-refractivity contribution in [3.63, 3.8) is 0 Å². The van der Waals surface area contributed by atoms with Gasteiger partial charge in [0, 0.05) is 18.1 Å². The van der Waals surface area contributed by atoms with E-state index < -0.39 is 15.4 Å². The van der Waals surface area contributed by atoms with Crippen molar-refractivity contribution in [1.82, 2.24) is 0 Å². The minimum Gasteiger partial charge on any atom is -0.455 e. The molecule has 0 radical (unpaired) electrons. The van der Waals surface area contributed by atoms with Crippen LogP contribution in [0.3, 0.4) is 0 Å². The van der Waals surface area contributed by atoms with Gasteiger partial charge >= 0.3 is 5.97 Å². The molecule has 4 heteroatoms. The Labute approximate surface area is 168 Å². The van der Waals surface area contributed by atoms with Gasteiger partial charge in [-0.2, -0.15) is 0 Å². The van der Waals surface area contributed by atoms with E-state index in [2.05, 4.69) is 54.7 Å². The molecule has 0 aromatic heterocycles. The first-order chi connectivity index (χ1) is 12.4. The summed E-state index contributed by atoms with van der Waals surface area (Å²) >= 11 is 0. The molecule has 27 heavy (non-hydrogen) atoms. The lowest BCUT2D eigenvalue weighted by Gasteiger charge is -2.78. The van der Waals surface area contributed by atoms with Gasteiger partial charge in [0.25, 0.3) is 0 Å². The number of rotatable bonds is 5. The third-order valence-electron chi connectivity index (χ3n) is 8.47. The van der Waals surface area contributed by atoms with E-state index in [9.17, 15) is 4.79 Å². The van der Waals surface area contributed by atoms with Gasteiger partial charge in [0.2, 0.25) is 0 Å². The second-order valence-electron chi connectivity index (χ2n) is 11.5. The smallest absolute Gasteiger partial charge is 0.330 e. The largest absolute Gasteiger partial charge is 0.455 e. The normalized spacial score (nSPS) is 41.3. The number of hydrogen-bond acceptors (Lipinski definition) is 3. The van der Waals surface area contributed by atoms with E-state index >= 15 is 0 Å². The molecule has 0 aliphatic heterocycles. The van der Waals surface area contributed by atoms with Crippen LogP contribution in [0, 0.1) is 33.5 Å². The van der Waals surface area contributed by atoms with Gasteiger partial charge in [-0.1, -0.05) is 54.7 Å². The molecule has 3 nitrogen and oxygen atoms in total. The Kier molecular flexibility index (Phi) is 5.04. The van der Waals surface area contributed by atoms with Gasteiger partial charge in [-0.3, -0.25) is 0 Å². The molecule has 0 aromatic carbocycles. The summed E-state index contributed by atoms with van der Waals surface area (Å²) in [7, 11) is -0.545. The topological polar surface area (TPSA) is 35.5 Å². The molecule has 4 aliphatic carbocycles. The van der Waals surface area contributed by atoms with Crippen molar-refractivity contribution < 1.29 is 14.0 Å². The van der Waals surface area contributed by atoms with Crippen LogP contribution in [-0.2, 0) is 14.0 Å². The van der Waals surface area contributed by atoms with Crippen LogP contribution in [-0.4, -0.2) is 27.9 Å². The van der Waals surface area contributed by atoms with Gasteiger partial charge in [0.05, 0.1) is 0 Å². The van der Waals surface area contributed by atoms with Crippen LogP contribution in [0.5, 0.6) is 0 Å². The molecule has 0 aromatic rings. The summed E-state index contributed by atoms with van der Waals surface area (Å²) < 4.78 is 12.8. The van der Waals surface area contributed by atoms with Gasteiger partial charge in [0.15, 0.2) is 9.76 Å². The highest BCUT2D eigenvalue weighted by atomic mass is 28.2. The summed E-state index contributed by atoms with van der Waals surface area (Å²) in [5, 5.41) is 0. The molecule has 4 bridgehead atoms. The molecular weight excluding hydrogens is 352 g/mol. The maximum atomic E-state index is 12.6. The number of carbonyl (C=O) groups is 1. The van der Waals surface area contributed by atoms with Crippen LogP contribution in [0.15, 0.2) is 12.7 Å².